The van der Waals surface area contributed by atoms with Crippen LogP contribution in [0.4, 0.5) is 5.82 Å². The van der Waals surface area contributed by atoms with Crippen LogP contribution in [0.3, 0.4) is 0 Å². The van der Waals surface area contributed by atoms with Gasteiger partial charge in [0.2, 0.25) is 0 Å². The third kappa shape index (κ3) is 2.71. The van der Waals surface area contributed by atoms with E-state index in [2.05, 4.69) is 11.7 Å². The summed E-state index contributed by atoms with van der Waals surface area (Å²) in [7, 11) is 0. The maximum Gasteiger partial charge on any atom is 0.274 e. The second-order valence-corrected chi connectivity index (χ2v) is 5.12. The van der Waals surface area contributed by atoms with E-state index < -0.39 is 0 Å². The zero-order chi connectivity index (χ0) is 13.8. The molecule has 0 aliphatic heterocycles. The fraction of sp³-hybridized carbons (Fsp3) is 0.143. The minimum atomic E-state index is -0.170. The van der Waals surface area contributed by atoms with Crippen molar-refractivity contribution >= 4 is 22.7 Å². The molecule has 0 fully saturated rings. The number of nitrogen functional groups attached to an aromatic ring is 1. The Kier molecular flexibility index (Phi) is 4.06. The Morgan fingerprint density at radius 3 is 2.89 bits per heavy atom. The van der Waals surface area contributed by atoms with Gasteiger partial charge in [-0.3, -0.25) is 9.89 Å². The van der Waals surface area contributed by atoms with E-state index in [9.17, 15) is 4.79 Å². The molecule has 0 spiro atoms. The molecule has 0 bridgehead atoms. The van der Waals surface area contributed by atoms with E-state index in [1.165, 1.54) is 0 Å². The lowest BCUT2D eigenvalue weighted by molar-refractivity contribution is 0.955. The molecule has 0 amide bonds. The molecular weight excluding hydrogens is 258 g/mol. The quantitative estimate of drug-likeness (QED) is 0.454. The van der Waals surface area contributed by atoms with Crippen LogP contribution in [0.15, 0.2) is 41.7 Å². The highest BCUT2D eigenvalue weighted by Crippen LogP contribution is 2.24. The van der Waals surface area contributed by atoms with Gasteiger partial charge in [-0.25, -0.2) is 4.68 Å². The number of anilines is 1. The average Bonchev–Trinajstić information content (AvgIpc) is 2.66. The minimum Gasteiger partial charge on any atom is -0.383 e. The van der Waals surface area contributed by atoms with E-state index in [1.807, 2.05) is 42.8 Å². The van der Waals surface area contributed by atoms with Gasteiger partial charge in [0.1, 0.15) is 5.82 Å². The first-order chi connectivity index (χ1) is 9.15. The molecular formula is C14H17N3OS. The molecule has 1 aromatic heterocycles. The van der Waals surface area contributed by atoms with E-state index in [0.717, 1.165) is 28.2 Å². The number of benzene rings is 1. The molecule has 3 N–H and O–H groups in total. The number of aromatic amines is 1. The number of nitrogens with zero attached hydrogens (tertiary/aromatic N) is 1. The summed E-state index contributed by atoms with van der Waals surface area (Å²) in [5.74, 6) is 1.26. The van der Waals surface area contributed by atoms with Gasteiger partial charge in [-0.1, -0.05) is 30.3 Å². The standard InChI is InChI=1S/C14H17N3OS/c1-3-8-19-9-17-13(15)12(14(18)16-17)11-7-5-4-6-10(11)2/h3-7,9,19H,1,8,15H2,2H3,(H,16,18). The highest BCUT2D eigenvalue weighted by Gasteiger charge is 2.14. The molecule has 2 rings (SSSR count). The number of aromatic nitrogens is 2. The number of thiol groups is 1. The van der Waals surface area contributed by atoms with Crippen molar-refractivity contribution in [3.05, 3.63) is 52.8 Å². The van der Waals surface area contributed by atoms with Crippen molar-refractivity contribution < 1.29 is 0 Å². The van der Waals surface area contributed by atoms with Gasteiger partial charge in [0.05, 0.1) is 5.56 Å². The zero-order valence-corrected chi connectivity index (χ0v) is 11.7. The number of hydrogen-bond donors (Lipinski definition) is 3. The second kappa shape index (κ2) is 5.75. The van der Waals surface area contributed by atoms with Crippen molar-refractivity contribution in [3.8, 4) is 11.1 Å². The van der Waals surface area contributed by atoms with Crippen LogP contribution in [0.1, 0.15) is 5.56 Å². The number of rotatable bonds is 4. The van der Waals surface area contributed by atoms with Crippen molar-refractivity contribution in [2.45, 2.75) is 6.92 Å². The number of nitrogens with two attached hydrogens (primary N) is 1. The fourth-order valence-electron chi connectivity index (χ4n) is 1.87. The van der Waals surface area contributed by atoms with Crippen molar-refractivity contribution in [3.63, 3.8) is 0 Å². The molecule has 0 unspecified atom stereocenters. The van der Waals surface area contributed by atoms with Crippen LogP contribution >= 0.6 is 11.4 Å². The van der Waals surface area contributed by atoms with E-state index in [4.69, 9.17) is 5.73 Å². The Balaban J connectivity index is 2.52. The van der Waals surface area contributed by atoms with E-state index in [-0.39, 0.29) is 5.56 Å². The summed E-state index contributed by atoms with van der Waals surface area (Å²) in [6, 6.07) is 7.71. The van der Waals surface area contributed by atoms with Crippen LogP contribution in [0.2, 0.25) is 0 Å². The van der Waals surface area contributed by atoms with Crippen LogP contribution in [-0.4, -0.2) is 21.0 Å². The van der Waals surface area contributed by atoms with Crippen molar-refractivity contribution in [2.24, 2.45) is 0 Å². The lowest BCUT2D eigenvalue weighted by Crippen LogP contribution is -2.06. The van der Waals surface area contributed by atoms with Crippen LogP contribution in [-0.2, 0) is 0 Å². The maximum atomic E-state index is 12.0. The fourth-order valence-corrected chi connectivity index (χ4v) is 2.46. The molecule has 0 radical (unpaired) electrons. The highest BCUT2D eigenvalue weighted by atomic mass is 32.1. The number of nitrogens with one attached hydrogen (secondary N) is 1. The van der Waals surface area contributed by atoms with Gasteiger partial charge in [0, 0.05) is 11.2 Å². The smallest absolute Gasteiger partial charge is 0.274 e. The average molecular weight is 275 g/mol. The SMILES string of the molecule is C=CC[SH]=Cn1[nH]c(=O)c(-c2ccccc2C)c1N. The lowest BCUT2D eigenvalue weighted by Gasteiger charge is -2.03. The van der Waals surface area contributed by atoms with Gasteiger partial charge < -0.3 is 5.73 Å². The third-order valence-corrected chi connectivity index (χ3v) is 3.67. The molecule has 0 saturated carbocycles. The summed E-state index contributed by atoms with van der Waals surface area (Å²) in [6.07, 6.45) is 1.82. The first-order valence-corrected chi connectivity index (χ1v) is 7.07. The highest BCUT2D eigenvalue weighted by molar-refractivity contribution is 7.97. The van der Waals surface area contributed by atoms with Gasteiger partial charge in [-0.05, 0) is 18.1 Å². The minimum absolute atomic E-state index is 0.170. The predicted molar refractivity (Wildman–Crippen MR) is 85.2 cm³/mol. The van der Waals surface area contributed by atoms with Crippen molar-refractivity contribution in [1.82, 2.24) is 9.78 Å². The molecule has 5 heteroatoms. The summed E-state index contributed by atoms with van der Waals surface area (Å²) in [4.78, 5) is 12.0. The third-order valence-electron chi connectivity index (χ3n) is 2.81. The summed E-state index contributed by atoms with van der Waals surface area (Å²) >= 11 is 1.03. The summed E-state index contributed by atoms with van der Waals surface area (Å²) in [5.41, 5.74) is 10.2. The monoisotopic (exact) mass is 275 g/mol. The van der Waals surface area contributed by atoms with Crippen molar-refractivity contribution in [2.75, 3.05) is 11.5 Å². The Bertz CT molecular complexity index is 682. The van der Waals surface area contributed by atoms with Gasteiger partial charge >= 0.3 is 0 Å². The molecule has 100 valence electrons. The molecule has 1 heterocycles. The molecule has 1 aromatic carbocycles. The van der Waals surface area contributed by atoms with Gasteiger partial charge in [0.15, 0.2) is 0 Å². The van der Waals surface area contributed by atoms with Crippen LogP contribution in [0, 0.1) is 6.92 Å². The lowest BCUT2D eigenvalue weighted by atomic mass is 10.0. The van der Waals surface area contributed by atoms with Crippen LogP contribution < -0.4 is 11.3 Å². The van der Waals surface area contributed by atoms with Gasteiger partial charge in [-0.15, -0.1) is 6.58 Å². The van der Waals surface area contributed by atoms with E-state index in [0.29, 0.717) is 11.4 Å². The zero-order valence-electron chi connectivity index (χ0n) is 10.8. The van der Waals surface area contributed by atoms with Gasteiger partial charge in [-0.2, -0.15) is 11.4 Å². The first kappa shape index (κ1) is 13.4. The molecule has 0 aliphatic rings. The molecule has 0 atom stereocenters. The first-order valence-electron chi connectivity index (χ1n) is 5.92. The molecule has 19 heavy (non-hydrogen) atoms. The molecule has 4 nitrogen and oxygen atoms in total. The predicted octanol–water partition coefficient (Wildman–Crippen LogP) is 1.99. The number of aryl methyl sites for hydroxylation is 1. The molecule has 0 saturated heterocycles. The van der Waals surface area contributed by atoms with Crippen LogP contribution in [0.5, 0.6) is 0 Å². The van der Waals surface area contributed by atoms with Crippen LogP contribution in [0.25, 0.3) is 11.1 Å². The Morgan fingerprint density at radius 2 is 2.21 bits per heavy atom. The van der Waals surface area contributed by atoms with Gasteiger partial charge in [0.25, 0.3) is 5.56 Å². The molecule has 2 aromatic rings. The largest absolute Gasteiger partial charge is 0.383 e. The summed E-state index contributed by atoms with van der Waals surface area (Å²) in [5, 5.41) is 2.74. The Hall–Kier alpha value is -2.01. The summed E-state index contributed by atoms with van der Waals surface area (Å²) in [6.45, 7) is 5.62. The Labute approximate surface area is 115 Å². The maximum absolute atomic E-state index is 12.0. The molecule has 0 aliphatic carbocycles. The topological polar surface area (TPSA) is 63.8 Å². The number of hydrogen-bond acceptors (Lipinski definition) is 2. The Morgan fingerprint density at radius 1 is 1.47 bits per heavy atom. The number of H-pyrrole nitrogens is 1. The summed E-state index contributed by atoms with van der Waals surface area (Å²) < 4.78 is 1.58. The normalized spacial score (nSPS) is 11.4. The van der Waals surface area contributed by atoms with Crippen molar-refractivity contribution in [1.29, 1.82) is 0 Å². The van der Waals surface area contributed by atoms with E-state index in [1.54, 1.807) is 4.68 Å². The second-order valence-electron chi connectivity index (χ2n) is 4.16. The van der Waals surface area contributed by atoms with E-state index >= 15 is 0 Å².